The summed E-state index contributed by atoms with van der Waals surface area (Å²) in [6.45, 7) is 0. The normalized spacial score (nSPS) is 12.0. The number of nitrogens with one attached hydrogen (secondary N) is 2. The topological polar surface area (TPSA) is 92.3 Å². The minimum Gasteiger partial charge on any atom is -0.282 e. The molecule has 0 aliphatic heterocycles. The summed E-state index contributed by atoms with van der Waals surface area (Å²) in [6, 6.07) is 6.71. The zero-order valence-corrected chi connectivity index (χ0v) is 15.2. The van der Waals surface area contributed by atoms with Crippen LogP contribution in [0, 0.1) is 5.82 Å². The Labute approximate surface area is 148 Å². The van der Waals surface area contributed by atoms with Crippen molar-refractivity contribution in [2.24, 2.45) is 0 Å². The van der Waals surface area contributed by atoms with Crippen molar-refractivity contribution < 1.29 is 21.2 Å². The van der Waals surface area contributed by atoms with Gasteiger partial charge in [-0.25, -0.2) is 21.2 Å². The largest absolute Gasteiger partial charge is 0.282 e. The molecule has 0 aliphatic carbocycles. The minimum atomic E-state index is -4.07. The van der Waals surface area contributed by atoms with Crippen LogP contribution in [0.1, 0.15) is 0 Å². The molecule has 0 atom stereocenters. The third-order valence-electron chi connectivity index (χ3n) is 2.70. The average molecular weight is 413 g/mol. The molecule has 0 fully saturated rings. The smallest absolute Gasteiger partial charge is 0.263 e. The Bertz CT molecular complexity index is 995. The molecule has 24 heavy (non-hydrogen) atoms. The third kappa shape index (κ3) is 4.73. The average Bonchev–Trinajstić information content (AvgIpc) is 2.39. The first-order chi connectivity index (χ1) is 11.0. The number of anilines is 2. The highest BCUT2D eigenvalue weighted by Crippen LogP contribution is 2.29. The standard InChI is InChI=1S/C13H11Cl2FN2O4S2/c1-23(19,20)18-12-4-3-9(7-10(12)14)17-24(21,22)13-5-2-8(16)6-11(13)15/h2-7,17-18H,1H3. The second-order valence-corrected chi connectivity index (χ2v) is 8.96. The Kier molecular flexibility index (Phi) is 5.28. The van der Waals surface area contributed by atoms with Crippen LogP contribution < -0.4 is 9.44 Å². The van der Waals surface area contributed by atoms with Gasteiger partial charge in [0.25, 0.3) is 10.0 Å². The fourth-order valence-electron chi connectivity index (χ4n) is 1.76. The van der Waals surface area contributed by atoms with Gasteiger partial charge in [-0.2, -0.15) is 0 Å². The number of sulfonamides is 2. The first-order valence-electron chi connectivity index (χ1n) is 6.23. The van der Waals surface area contributed by atoms with Gasteiger partial charge in [0.15, 0.2) is 0 Å². The summed E-state index contributed by atoms with van der Waals surface area (Å²) in [5.41, 5.74) is 0.182. The number of hydrogen-bond donors (Lipinski definition) is 2. The van der Waals surface area contributed by atoms with Crippen LogP contribution in [0.25, 0.3) is 0 Å². The van der Waals surface area contributed by atoms with Crippen LogP contribution in [0.3, 0.4) is 0 Å². The summed E-state index contributed by atoms with van der Waals surface area (Å²) >= 11 is 11.7. The van der Waals surface area contributed by atoms with Crippen LogP contribution in [-0.4, -0.2) is 23.1 Å². The van der Waals surface area contributed by atoms with Gasteiger partial charge in [0.05, 0.1) is 27.7 Å². The van der Waals surface area contributed by atoms with E-state index in [9.17, 15) is 21.2 Å². The van der Waals surface area contributed by atoms with Crippen LogP contribution in [0.2, 0.25) is 10.0 Å². The van der Waals surface area contributed by atoms with Gasteiger partial charge in [0.2, 0.25) is 10.0 Å². The van der Waals surface area contributed by atoms with Crippen molar-refractivity contribution in [1.29, 1.82) is 0 Å². The van der Waals surface area contributed by atoms with Gasteiger partial charge in [-0.1, -0.05) is 23.2 Å². The van der Waals surface area contributed by atoms with Gasteiger partial charge in [-0.15, -0.1) is 0 Å². The van der Waals surface area contributed by atoms with Crippen molar-refractivity contribution in [3.8, 4) is 0 Å². The summed E-state index contributed by atoms with van der Waals surface area (Å²) < 4.78 is 64.4. The maximum Gasteiger partial charge on any atom is 0.263 e. The number of halogens is 3. The lowest BCUT2D eigenvalue weighted by atomic mass is 10.3. The van der Waals surface area contributed by atoms with Gasteiger partial charge >= 0.3 is 0 Å². The predicted octanol–water partition coefficient (Wildman–Crippen LogP) is 3.30. The molecule has 11 heteroatoms. The minimum absolute atomic E-state index is 0.00849. The lowest BCUT2D eigenvalue weighted by Crippen LogP contribution is -2.14. The predicted molar refractivity (Wildman–Crippen MR) is 92.1 cm³/mol. The van der Waals surface area contributed by atoms with E-state index in [1.807, 2.05) is 0 Å². The van der Waals surface area contributed by atoms with Gasteiger partial charge in [0.1, 0.15) is 10.7 Å². The van der Waals surface area contributed by atoms with E-state index < -0.39 is 25.9 Å². The molecule has 2 aromatic carbocycles. The van der Waals surface area contributed by atoms with E-state index in [-0.39, 0.29) is 26.3 Å². The van der Waals surface area contributed by atoms with E-state index in [0.29, 0.717) is 0 Å². The molecule has 0 aliphatic rings. The van der Waals surface area contributed by atoms with Crippen molar-refractivity contribution in [2.45, 2.75) is 4.90 Å². The fourth-order valence-corrected chi connectivity index (χ4v) is 4.21. The van der Waals surface area contributed by atoms with E-state index >= 15 is 0 Å². The molecule has 0 spiro atoms. The van der Waals surface area contributed by atoms with Crippen LogP contribution in [-0.2, 0) is 20.0 Å². The Morgan fingerprint density at radius 3 is 2.12 bits per heavy atom. The number of rotatable bonds is 5. The van der Waals surface area contributed by atoms with Gasteiger partial charge < -0.3 is 0 Å². The van der Waals surface area contributed by atoms with E-state index in [1.54, 1.807) is 0 Å². The molecule has 2 N–H and O–H groups in total. The molecule has 0 saturated heterocycles. The third-order valence-corrected chi connectivity index (χ3v) is 5.47. The summed E-state index contributed by atoms with van der Waals surface area (Å²) in [6.07, 6.45) is 0.955. The summed E-state index contributed by atoms with van der Waals surface area (Å²) in [5.74, 6) is -0.668. The van der Waals surface area contributed by atoms with E-state index in [2.05, 4.69) is 9.44 Å². The lowest BCUT2D eigenvalue weighted by molar-refractivity contribution is 0.599. The molecule has 0 unspecified atom stereocenters. The molecular formula is C13H11Cl2FN2O4S2. The van der Waals surface area contributed by atoms with E-state index in [4.69, 9.17) is 23.2 Å². The van der Waals surface area contributed by atoms with Gasteiger partial charge in [-0.3, -0.25) is 9.44 Å². The van der Waals surface area contributed by atoms with Gasteiger partial charge in [0, 0.05) is 0 Å². The first-order valence-corrected chi connectivity index (χ1v) is 10.4. The summed E-state index contributed by atoms with van der Waals surface area (Å²) in [5, 5.41) is -0.283. The zero-order chi connectivity index (χ0) is 18.1. The van der Waals surface area contributed by atoms with Crippen molar-refractivity contribution >= 4 is 54.6 Å². The molecular weight excluding hydrogens is 402 g/mol. The Balaban J connectivity index is 2.32. The maximum atomic E-state index is 13.0. The fraction of sp³-hybridized carbons (Fsp3) is 0.0769. The Morgan fingerprint density at radius 2 is 1.58 bits per heavy atom. The Morgan fingerprint density at radius 1 is 0.917 bits per heavy atom. The van der Waals surface area contributed by atoms with Crippen LogP contribution in [0.15, 0.2) is 41.3 Å². The molecule has 0 amide bonds. The Hall–Kier alpha value is -1.55. The molecule has 0 radical (unpaired) electrons. The summed E-state index contributed by atoms with van der Waals surface area (Å²) in [4.78, 5) is -0.306. The molecule has 0 bridgehead atoms. The molecule has 2 aromatic rings. The van der Waals surface area contributed by atoms with Gasteiger partial charge in [-0.05, 0) is 36.4 Å². The van der Waals surface area contributed by atoms with Crippen LogP contribution in [0.5, 0.6) is 0 Å². The van der Waals surface area contributed by atoms with Crippen molar-refractivity contribution in [3.63, 3.8) is 0 Å². The van der Waals surface area contributed by atoms with E-state index in [1.165, 1.54) is 18.2 Å². The van der Waals surface area contributed by atoms with E-state index in [0.717, 1.165) is 24.5 Å². The van der Waals surface area contributed by atoms with Crippen molar-refractivity contribution in [2.75, 3.05) is 15.7 Å². The molecule has 0 heterocycles. The molecule has 6 nitrogen and oxygen atoms in total. The zero-order valence-electron chi connectivity index (χ0n) is 12.0. The molecule has 2 rings (SSSR count). The second kappa shape index (κ2) is 6.75. The maximum absolute atomic E-state index is 13.0. The number of benzene rings is 2. The monoisotopic (exact) mass is 412 g/mol. The van der Waals surface area contributed by atoms with Crippen LogP contribution >= 0.6 is 23.2 Å². The quantitative estimate of drug-likeness (QED) is 0.787. The SMILES string of the molecule is CS(=O)(=O)Nc1ccc(NS(=O)(=O)c2ccc(F)cc2Cl)cc1Cl. The summed E-state index contributed by atoms with van der Waals surface area (Å²) in [7, 11) is -7.60. The second-order valence-electron chi connectivity index (χ2n) is 4.75. The highest BCUT2D eigenvalue weighted by atomic mass is 35.5. The molecule has 130 valence electrons. The van der Waals surface area contributed by atoms with Crippen LogP contribution in [0.4, 0.5) is 15.8 Å². The molecule has 0 saturated carbocycles. The number of hydrogen-bond acceptors (Lipinski definition) is 4. The highest BCUT2D eigenvalue weighted by Gasteiger charge is 2.19. The van der Waals surface area contributed by atoms with Crippen molar-refractivity contribution in [1.82, 2.24) is 0 Å². The molecule has 0 aromatic heterocycles. The highest BCUT2D eigenvalue weighted by molar-refractivity contribution is 7.93. The lowest BCUT2D eigenvalue weighted by Gasteiger charge is -2.12. The van der Waals surface area contributed by atoms with Crippen molar-refractivity contribution in [3.05, 3.63) is 52.3 Å². The first kappa shape index (κ1) is 18.8.